The summed E-state index contributed by atoms with van der Waals surface area (Å²) < 4.78 is 66.8. The summed E-state index contributed by atoms with van der Waals surface area (Å²) >= 11 is 0. The first-order chi connectivity index (χ1) is 19.9. The van der Waals surface area contributed by atoms with Gasteiger partial charge in [-0.2, -0.15) is 13.2 Å². The van der Waals surface area contributed by atoms with Gasteiger partial charge in [0.25, 0.3) is 0 Å². The molecule has 1 amide bonds. The minimum Gasteiger partial charge on any atom is -0.359 e. The van der Waals surface area contributed by atoms with Gasteiger partial charge in [0, 0.05) is 30.4 Å². The number of piperidine rings is 1. The van der Waals surface area contributed by atoms with Crippen molar-refractivity contribution in [2.24, 2.45) is 0 Å². The predicted molar refractivity (Wildman–Crippen MR) is 153 cm³/mol. The van der Waals surface area contributed by atoms with Crippen molar-refractivity contribution in [2.75, 3.05) is 32.0 Å². The van der Waals surface area contributed by atoms with E-state index in [2.05, 4.69) is 16.8 Å². The highest BCUT2D eigenvalue weighted by atomic mass is 19.4. The minimum absolute atomic E-state index is 0.148. The molecule has 1 saturated heterocycles. The summed E-state index contributed by atoms with van der Waals surface area (Å²) in [5, 5.41) is 3.29. The van der Waals surface area contributed by atoms with E-state index in [0.717, 1.165) is 61.4 Å². The first-order valence-electron chi connectivity index (χ1n) is 14.1. The summed E-state index contributed by atoms with van der Waals surface area (Å²) in [6.45, 7) is 6.47. The number of amides is 1. The third-order valence-electron chi connectivity index (χ3n) is 8.61. The third kappa shape index (κ3) is 6.51. The quantitative estimate of drug-likeness (QED) is 0.293. The van der Waals surface area contributed by atoms with Crippen molar-refractivity contribution >= 4 is 11.6 Å². The van der Waals surface area contributed by atoms with Crippen LogP contribution in [0.15, 0.2) is 79.0 Å². The molecule has 42 heavy (non-hydrogen) atoms. The van der Waals surface area contributed by atoms with E-state index in [9.17, 15) is 26.7 Å². The Morgan fingerprint density at radius 2 is 1.64 bits per heavy atom. The molecule has 4 nitrogen and oxygen atoms in total. The number of hydrogen-bond acceptors (Lipinski definition) is 3. The Labute approximate surface area is 242 Å². The van der Waals surface area contributed by atoms with Gasteiger partial charge in [0.2, 0.25) is 5.91 Å². The van der Waals surface area contributed by atoms with Crippen LogP contribution in [0.1, 0.15) is 53.9 Å². The van der Waals surface area contributed by atoms with Gasteiger partial charge in [-0.1, -0.05) is 30.8 Å². The zero-order valence-corrected chi connectivity index (χ0v) is 23.5. The van der Waals surface area contributed by atoms with E-state index < -0.39 is 23.5 Å². The molecule has 3 aromatic rings. The van der Waals surface area contributed by atoms with Crippen LogP contribution in [0.3, 0.4) is 0 Å². The second-order valence-electron chi connectivity index (χ2n) is 11.5. The summed E-state index contributed by atoms with van der Waals surface area (Å²) in [7, 11) is 1.63. The van der Waals surface area contributed by atoms with Crippen molar-refractivity contribution in [1.82, 2.24) is 9.80 Å². The average molecular weight is 584 g/mol. The second-order valence-corrected chi connectivity index (χ2v) is 11.5. The van der Waals surface area contributed by atoms with Gasteiger partial charge in [0.05, 0.1) is 11.5 Å². The molecule has 1 atom stereocenters. The summed E-state index contributed by atoms with van der Waals surface area (Å²) in [5.74, 6) is -1.39. The van der Waals surface area contributed by atoms with E-state index >= 15 is 0 Å². The van der Waals surface area contributed by atoms with Crippen LogP contribution < -0.4 is 5.32 Å². The topological polar surface area (TPSA) is 35.6 Å². The van der Waals surface area contributed by atoms with Gasteiger partial charge < -0.3 is 15.1 Å². The number of nitrogens with one attached hydrogen (secondary N) is 1. The molecule has 2 aliphatic rings. The molecule has 0 radical (unpaired) electrons. The van der Waals surface area contributed by atoms with Gasteiger partial charge in [-0.15, -0.1) is 0 Å². The molecular formula is C33H34F5N3O. The number of benzene rings is 3. The van der Waals surface area contributed by atoms with Crippen molar-refractivity contribution in [1.29, 1.82) is 0 Å². The molecule has 3 aromatic carbocycles. The van der Waals surface area contributed by atoms with Crippen LogP contribution >= 0.6 is 0 Å². The number of alkyl halides is 3. The Kier molecular flexibility index (Phi) is 8.42. The molecule has 0 bridgehead atoms. The van der Waals surface area contributed by atoms with Crippen LogP contribution in [-0.2, 0) is 22.9 Å². The van der Waals surface area contributed by atoms with E-state index in [0.29, 0.717) is 24.1 Å². The number of rotatable bonds is 7. The molecule has 1 spiro atoms. The van der Waals surface area contributed by atoms with E-state index in [-0.39, 0.29) is 23.7 Å². The van der Waals surface area contributed by atoms with Crippen molar-refractivity contribution < 1.29 is 26.7 Å². The first kappa shape index (κ1) is 29.8. The third-order valence-corrected chi connectivity index (χ3v) is 8.61. The number of anilines is 1. The van der Waals surface area contributed by atoms with Crippen LogP contribution in [0.2, 0.25) is 0 Å². The van der Waals surface area contributed by atoms with Crippen LogP contribution in [0.25, 0.3) is 0 Å². The highest BCUT2D eigenvalue weighted by Crippen LogP contribution is 2.47. The zero-order valence-electron chi connectivity index (χ0n) is 23.5. The lowest BCUT2D eigenvalue weighted by Gasteiger charge is -2.46. The maximum Gasteiger partial charge on any atom is 0.416 e. The van der Waals surface area contributed by atoms with E-state index in [1.165, 1.54) is 35.2 Å². The van der Waals surface area contributed by atoms with E-state index in [1.807, 2.05) is 0 Å². The Hall–Kier alpha value is -3.72. The predicted octanol–water partition coefficient (Wildman–Crippen LogP) is 7.48. The normalized spacial score (nSPS) is 17.4. The molecule has 0 aliphatic carbocycles. The van der Waals surface area contributed by atoms with Crippen molar-refractivity contribution in [3.05, 3.63) is 113 Å². The van der Waals surface area contributed by atoms with Crippen molar-refractivity contribution in [2.45, 2.75) is 49.7 Å². The number of nitrogens with zero attached hydrogens (tertiary/aromatic N) is 2. The SMILES string of the molecule is C=C1CC2(CCN(CCC(C(=O)N(C)Cc3ccc(C(F)(F)F)cc3)c3ccc(F)cc3)CC2)c2cc(F)ccc2N1. The highest BCUT2D eigenvalue weighted by Gasteiger charge is 2.41. The molecule has 1 unspecified atom stereocenters. The number of carbonyl (C=O) groups excluding carboxylic acids is 1. The Balaban J connectivity index is 1.26. The molecule has 5 rings (SSSR count). The monoisotopic (exact) mass is 583 g/mol. The average Bonchev–Trinajstić information content (AvgIpc) is 2.95. The van der Waals surface area contributed by atoms with E-state index in [1.54, 1.807) is 31.3 Å². The molecule has 9 heteroatoms. The molecule has 222 valence electrons. The fourth-order valence-electron chi connectivity index (χ4n) is 6.31. The lowest BCUT2D eigenvalue weighted by atomic mass is 9.67. The van der Waals surface area contributed by atoms with E-state index in [4.69, 9.17) is 0 Å². The van der Waals surface area contributed by atoms with Gasteiger partial charge in [-0.05, 0) is 104 Å². The van der Waals surface area contributed by atoms with Crippen LogP contribution in [0.5, 0.6) is 0 Å². The van der Waals surface area contributed by atoms with Crippen LogP contribution in [0.4, 0.5) is 27.6 Å². The summed E-state index contributed by atoms with van der Waals surface area (Å²) in [4.78, 5) is 17.5. The molecule has 0 saturated carbocycles. The van der Waals surface area contributed by atoms with Gasteiger partial charge in [0.15, 0.2) is 0 Å². The Morgan fingerprint density at radius 1 is 1.00 bits per heavy atom. The Morgan fingerprint density at radius 3 is 2.29 bits per heavy atom. The first-order valence-corrected chi connectivity index (χ1v) is 14.1. The number of carbonyl (C=O) groups is 1. The zero-order chi connectivity index (χ0) is 30.1. The number of fused-ring (bicyclic) bond motifs is 2. The summed E-state index contributed by atoms with van der Waals surface area (Å²) in [5.41, 5.74) is 3.14. The van der Waals surface area contributed by atoms with Gasteiger partial charge >= 0.3 is 6.18 Å². The maximum atomic E-state index is 14.2. The lowest BCUT2D eigenvalue weighted by molar-refractivity contribution is -0.137. The molecule has 2 aliphatic heterocycles. The fraction of sp³-hybridized carbons (Fsp3) is 0.364. The number of allylic oxidation sites excluding steroid dienone is 1. The second kappa shape index (κ2) is 11.9. The van der Waals surface area contributed by atoms with Gasteiger partial charge in [-0.3, -0.25) is 4.79 Å². The molecule has 2 heterocycles. The molecule has 0 aromatic heterocycles. The Bertz CT molecular complexity index is 1430. The van der Waals surface area contributed by atoms with Gasteiger partial charge in [0.1, 0.15) is 11.6 Å². The molecular weight excluding hydrogens is 549 g/mol. The summed E-state index contributed by atoms with van der Waals surface area (Å²) in [6.07, 6.45) is -1.54. The number of halogens is 5. The maximum absolute atomic E-state index is 14.2. The van der Waals surface area contributed by atoms with Gasteiger partial charge in [-0.25, -0.2) is 8.78 Å². The number of hydrogen-bond donors (Lipinski definition) is 1. The highest BCUT2D eigenvalue weighted by molar-refractivity contribution is 5.83. The molecule has 1 fully saturated rings. The van der Waals surface area contributed by atoms with Crippen molar-refractivity contribution in [3.8, 4) is 0 Å². The van der Waals surface area contributed by atoms with Crippen LogP contribution in [0, 0.1) is 11.6 Å². The van der Waals surface area contributed by atoms with Crippen LogP contribution in [-0.4, -0.2) is 42.4 Å². The molecule has 1 N–H and O–H groups in total. The smallest absolute Gasteiger partial charge is 0.359 e. The number of likely N-dealkylation sites (N-methyl/N-ethyl adjacent to an activating group) is 1. The fourth-order valence-corrected chi connectivity index (χ4v) is 6.31. The largest absolute Gasteiger partial charge is 0.416 e. The lowest BCUT2D eigenvalue weighted by Crippen LogP contribution is -2.45. The van der Waals surface area contributed by atoms with Crippen molar-refractivity contribution in [3.63, 3.8) is 0 Å². The standard InChI is InChI=1S/C33H34F5N3O/c1-22-20-32(29-19-27(35)11-12-30(29)39-22)14-17-41(18-15-32)16-13-28(24-5-9-26(34)10-6-24)31(42)40(2)21-23-3-7-25(8-4-23)33(36,37)38/h3-12,19,28,39H,1,13-18,20-21H2,2H3. The summed E-state index contributed by atoms with van der Waals surface area (Å²) in [6, 6.07) is 15.5. The number of likely N-dealkylation sites (tertiary alicyclic amines) is 1. The minimum atomic E-state index is -4.43.